The van der Waals surface area contributed by atoms with E-state index in [0.29, 0.717) is 0 Å². The average molecular weight is 232 g/mol. The Hall–Kier alpha value is -1.46. The topological polar surface area (TPSA) is 42.9 Å². The van der Waals surface area contributed by atoms with E-state index in [0.717, 1.165) is 12.4 Å². The van der Waals surface area contributed by atoms with Gasteiger partial charge < -0.3 is 0 Å². The molecule has 0 aliphatic rings. The highest BCUT2D eigenvalue weighted by Gasteiger charge is 2.34. The summed E-state index contributed by atoms with van der Waals surface area (Å²) in [6, 6.07) is 0. The third-order valence-electron chi connectivity index (χ3n) is 1.85. The summed E-state index contributed by atoms with van der Waals surface area (Å²) in [5.74, 6) is -1.53. The lowest BCUT2D eigenvalue weighted by Crippen LogP contribution is -2.21. The lowest BCUT2D eigenvalue weighted by atomic mass is 9.88. The van der Waals surface area contributed by atoms with Crippen molar-refractivity contribution in [1.29, 1.82) is 0 Å². The van der Waals surface area contributed by atoms with Crippen LogP contribution in [0.25, 0.3) is 0 Å². The Kier molecular flexibility index (Phi) is 3.03. The lowest BCUT2D eigenvalue weighted by molar-refractivity contribution is -0.145. The molecule has 0 aliphatic carbocycles. The first-order valence-corrected chi connectivity index (χ1v) is 4.56. The summed E-state index contributed by atoms with van der Waals surface area (Å²) in [5.41, 5.74) is -0.580. The third kappa shape index (κ3) is 2.77. The van der Waals surface area contributed by atoms with Crippen LogP contribution in [0.1, 0.15) is 37.0 Å². The number of ketones is 1. The highest BCUT2D eigenvalue weighted by Crippen LogP contribution is 2.26. The molecule has 0 aromatic carbocycles. The predicted molar refractivity (Wildman–Crippen MR) is 50.8 cm³/mol. The summed E-state index contributed by atoms with van der Waals surface area (Å²) >= 11 is 0. The molecule has 0 radical (unpaired) electrons. The van der Waals surface area contributed by atoms with Gasteiger partial charge in [-0.15, -0.1) is 0 Å². The predicted octanol–water partition coefficient (Wildman–Crippen LogP) is 2.72. The van der Waals surface area contributed by atoms with Crippen LogP contribution >= 0.6 is 0 Å². The van der Waals surface area contributed by atoms with Gasteiger partial charge in [-0.05, 0) is 0 Å². The first-order chi connectivity index (χ1) is 7.12. The van der Waals surface area contributed by atoms with Gasteiger partial charge in [0.25, 0.3) is 0 Å². The third-order valence-corrected chi connectivity index (χ3v) is 1.85. The van der Waals surface area contributed by atoms with Gasteiger partial charge in [0.15, 0.2) is 5.78 Å². The lowest BCUT2D eigenvalue weighted by Gasteiger charge is -2.16. The van der Waals surface area contributed by atoms with Gasteiger partial charge in [-0.25, -0.2) is 9.97 Å². The minimum atomic E-state index is -4.58. The summed E-state index contributed by atoms with van der Waals surface area (Å²) in [4.78, 5) is 17.9. The number of Topliss-reactive ketones (excluding diaryl/α,β-unsaturated/α-hetero) is 1. The van der Waals surface area contributed by atoms with Crippen molar-refractivity contribution in [2.75, 3.05) is 0 Å². The molecule has 0 saturated carbocycles. The molecule has 0 spiro atoms. The zero-order chi connectivity index (χ0) is 12.6. The molecule has 0 bridgehead atoms. The summed E-state index contributed by atoms with van der Waals surface area (Å²) in [7, 11) is 0. The fourth-order valence-corrected chi connectivity index (χ4v) is 1.02. The molecule has 0 atom stereocenters. The van der Waals surface area contributed by atoms with Crippen LogP contribution in [0.2, 0.25) is 0 Å². The van der Waals surface area contributed by atoms with Crippen molar-refractivity contribution in [3.8, 4) is 0 Å². The first kappa shape index (κ1) is 12.6. The molecule has 1 aromatic rings. The minimum absolute atomic E-state index is 0.0838. The molecule has 88 valence electrons. The monoisotopic (exact) mass is 232 g/mol. The van der Waals surface area contributed by atoms with Crippen LogP contribution in [0.15, 0.2) is 12.4 Å². The Morgan fingerprint density at radius 2 is 1.56 bits per heavy atom. The molecule has 0 unspecified atom stereocenters. The zero-order valence-corrected chi connectivity index (χ0v) is 9.09. The summed E-state index contributed by atoms with van der Waals surface area (Å²) in [6.07, 6.45) is -2.77. The van der Waals surface area contributed by atoms with Crippen molar-refractivity contribution in [1.82, 2.24) is 9.97 Å². The van der Waals surface area contributed by atoms with Crippen molar-refractivity contribution in [3.05, 3.63) is 23.8 Å². The molecule has 0 saturated heterocycles. The Labute approximate surface area is 90.7 Å². The summed E-state index contributed by atoms with van der Waals surface area (Å²) in [6.45, 7) is 5.02. The highest BCUT2D eigenvalue weighted by atomic mass is 19.4. The molecule has 1 heterocycles. The molecule has 0 aliphatic heterocycles. The summed E-state index contributed by atoms with van der Waals surface area (Å²) < 4.78 is 36.4. The van der Waals surface area contributed by atoms with Crippen molar-refractivity contribution >= 4 is 5.78 Å². The van der Waals surface area contributed by atoms with Crippen molar-refractivity contribution in [3.63, 3.8) is 0 Å². The number of halogens is 3. The van der Waals surface area contributed by atoms with Gasteiger partial charge in [0.2, 0.25) is 5.82 Å². The maximum atomic E-state index is 12.1. The van der Waals surface area contributed by atoms with E-state index in [2.05, 4.69) is 9.97 Å². The molecule has 0 fully saturated rings. The van der Waals surface area contributed by atoms with E-state index >= 15 is 0 Å². The molecule has 0 amide bonds. The van der Waals surface area contributed by atoms with Crippen LogP contribution in [-0.2, 0) is 6.18 Å². The number of carbonyl (C=O) groups is 1. The number of carbonyl (C=O) groups excluding carboxylic acids is 1. The van der Waals surface area contributed by atoms with E-state index in [4.69, 9.17) is 0 Å². The molecule has 3 nitrogen and oxygen atoms in total. The van der Waals surface area contributed by atoms with Crippen LogP contribution in [-0.4, -0.2) is 15.8 Å². The minimum Gasteiger partial charge on any atom is -0.293 e. The number of hydrogen-bond donors (Lipinski definition) is 0. The Balaban J connectivity index is 3.01. The van der Waals surface area contributed by atoms with Crippen LogP contribution < -0.4 is 0 Å². The van der Waals surface area contributed by atoms with E-state index in [9.17, 15) is 18.0 Å². The molecular formula is C10H11F3N2O. The second-order valence-electron chi connectivity index (χ2n) is 4.37. The standard InChI is InChI=1S/C10H11F3N2O/c1-9(2,3)7(16)6-4-14-8(15-5-6)10(11,12)13/h4-5H,1-3H3. The van der Waals surface area contributed by atoms with E-state index in [1.807, 2.05) is 0 Å². The van der Waals surface area contributed by atoms with Crippen LogP contribution in [0, 0.1) is 5.41 Å². The molecule has 16 heavy (non-hydrogen) atoms. The van der Waals surface area contributed by atoms with Crippen molar-refractivity contribution in [2.45, 2.75) is 26.9 Å². The Morgan fingerprint density at radius 3 is 1.88 bits per heavy atom. The van der Waals surface area contributed by atoms with E-state index in [1.54, 1.807) is 20.8 Å². The normalized spacial score (nSPS) is 12.6. The second-order valence-corrected chi connectivity index (χ2v) is 4.37. The smallest absolute Gasteiger partial charge is 0.293 e. The van der Waals surface area contributed by atoms with Gasteiger partial charge in [-0.2, -0.15) is 13.2 Å². The molecule has 6 heteroatoms. The fourth-order valence-electron chi connectivity index (χ4n) is 1.02. The van der Waals surface area contributed by atoms with E-state index in [-0.39, 0.29) is 11.3 Å². The van der Waals surface area contributed by atoms with Gasteiger partial charge in [0.1, 0.15) is 0 Å². The maximum Gasteiger partial charge on any atom is 0.451 e. The first-order valence-electron chi connectivity index (χ1n) is 4.56. The van der Waals surface area contributed by atoms with Crippen molar-refractivity contribution in [2.24, 2.45) is 5.41 Å². The fraction of sp³-hybridized carbons (Fsp3) is 0.500. The molecule has 1 aromatic heterocycles. The maximum absolute atomic E-state index is 12.1. The quantitative estimate of drug-likeness (QED) is 0.699. The number of hydrogen-bond acceptors (Lipinski definition) is 3. The molecule has 1 rings (SSSR count). The van der Waals surface area contributed by atoms with E-state index < -0.39 is 17.4 Å². The average Bonchev–Trinajstić information content (AvgIpc) is 2.14. The number of nitrogens with zero attached hydrogens (tertiary/aromatic N) is 2. The van der Waals surface area contributed by atoms with Crippen LogP contribution in [0.4, 0.5) is 13.2 Å². The SMILES string of the molecule is CC(C)(C)C(=O)c1cnc(C(F)(F)F)nc1. The Morgan fingerprint density at radius 1 is 1.12 bits per heavy atom. The van der Waals surface area contributed by atoms with E-state index in [1.165, 1.54) is 0 Å². The van der Waals surface area contributed by atoms with Crippen molar-refractivity contribution < 1.29 is 18.0 Å². The number of rotatable bonds is 1. The van der Waals surface area contributed by atoms with Gasteiger partial charge in [0.05, 0.1) is 5.56 Å². The van der Waals surface area contributed by atoms with Gasteiger partial charge in [0, 0.05) is 17.8 Å². The Bertz CT molecular complexity index is 390. The van der Waals surface area contributed by atoms with Gasteiger partial charge in [-0.3, -0.25) is 4.79 Å². The summed E-state index contributed by atoms with van der Waals surface area (Å²) in [5, 5.41) is 0. The van der Waals surface area contributed by atoms with Gasteiger partial charge >= 0.3 is 6.18 Å². The molecular weight excluding hydrogens is 221 g/mol. The van der Waals surface area contributed by atoms with Crippen LogP contribution in [0.5, 0.6) is 0 Å². The van der Waals surface area contributed by atoms with Gasteiger partial charge in [-0.1, -0.05) is 20.8 Å². The van der Waals surface area contributed by atoms with Crippen LogP contribution in [0.3, 0.4) is 0 Å². The second kappa shape index (κ2) is 3.84. The number of aromatic nitrogens is 2. The number of alkyl halides is 3. The largest absolute Gasteiger partial charge is 0.451 e. The highest BCUT2D eigenvalue weighted by molar-refractivity contribution is 5.99. The zero-order valence-electron chi connectivity index (χ0n) is 9.09. The molecule has 0 N–H and O–H groups in total.